The van der Waals surface area contributed by atoms with Crippen LogP contribution in [0.25, 0.3) is 0 Å². The van der Waals surface area contributed by atoms with E-state index in [9.17, 15) is 8.42 Å². The minimum absolute atomic E-state index is 0.159. The van der Waals surface area contributed by atoms with Crippen molar-refractivity contribution in [2.75, 3.05) is 11.0 Å². The fourth-order valence-corrected chi connectivity index (χ4v) is 3.64. The number of nitrogens with one attached hydrogen (secondary N) is 2. The van der Waals surface area contributed by atoms with Crippen LogP contribution in [-0.2, 0) is 10.0 Å². The summed E-state index contributed by atoms with van der Waals surface area (Å²) in [5, 5.41) is 6.41. The molecule has 1 aliphatic heterocycles. The van der Waals surface area contributed by atoms with Crippen molar-refractivity contribution in [1.29, 1.82) is 0 Å². The highest BCUT2D eigenvalue weighted by atomic mass is 32.2. The molecule has 7 heteroatoms. The van der Waals surface area contributed by atoms with Crippen molar-refractivity contribution in [3.05, 3.63) is 52.2 Å². The number of rotatable bonds is 4. The lowest BCUT2D eigenvalue weighted by Gasteiger charge is -2.10. The largest absolute Gasteiger partial charge is 0.301 e. The molecule has 1 atom stereocenters. The lowest BCUT2D eigenvalue weighted by molar-refractivity contribution is 0.607. The Labute approximate surface area is 127 Å². The van der Waals surface area contributed by atoms with E-state index in [1.807, 2.05) is 23.6 Å². The summed E-state index contributed by atoms with van der Waals surface area (Å²) in [6.45, 7) is 0. The molecule has 0 bridgehead atoms. The fraction of sp³-hybridized carbons (Fsp3) is 0.214. The molecule has 1 unspecified atom stereocenters. The van der Waals surface area contributed by atoms with Crippen LogP contribution >= 0.6 is 11.3 Å². The molecule has 3 rings (SSSR count). The molecule has 0 amide bonds. The number of anilines is 1. The monoisotopic (exact) mass is 321 g/mol. The summed E-state index contributed by atoms with van der Waals surface area (Å²) in [6, 6.07) is 11.6. The third-order valence-electron chi connectivity index (χ3n) is 3.17. The minimum atomic E-state index is -3.31. The van der Waals surface area contributed by atoms with E-state index >= 15 is 0 Å². The molecule has 0 fully saturated rings. The number of hydrazone groups is 1. The van der Waals surface area contributed by atoms with E-state index in [-0.39, 0.29) is 6.04 Å². The molecular weight excluding hydrogens is 306 g/mol. The number of hydrogen-bond acceptors (Lipinski definition) is 5. The maximum Gasteiger partial charge on any atom is 0.229 e. The zero-order valence-electron chi connectivity index (χ0n) is 11.4. The molecule has 0 radical (unpaired) electrons. The third kappa shape index (κ3) is 3.25. The molecule has 1 aromatic heterocycles. The first-order valence-corrected chi connectivity index (χ1v) is 9.23. The maximum atomic E-state index is 11.5. The topological polar surface area (TPSA) is 70.6 Å². The molecule has 0 saturated heterocycles. The van der Waals surface area contributed by atoms with E-state index in [1.165, 1.54) is 4.88 Å². The molecule has 0 saturated carbocycles. The van der Waals surface area contributed by atoms with Gasteiger partial charge in [-0.1, -0.05) is 24.3 Å². The van der Waals surface area contributed by atoms with Gasteiger partial charge in [0.2, 0.25) is 10.0 Å². The van der Waals surface area contributed by atoms with Gasteiger partial charge in [-0.15, -0.1) is 11.3 Å². The van der Waals surface area contributed by atoms with Crippen LogP contribution in [0.3, 0.4) is 0 Å². The van der Waals surface area contributed by atoms with Gasteiger partial charge in [0.1, 0.15) is 0 Å². The van der Waals surface area contributed by atoms with E-state index < -0.39 is 10.0 Å². The lowest BCUT2D eigenvalue weighted by Crippen LogP contribution is -2.13. The van der Waals surface area contributed by atoms with E-state index in [0.717, 1.165) is 24.0 Å². The first kappa shape index (κ1) is 14.1. The van der Waals surface area contributed by atoms with Crippen molar-refractivity contribution in [2.45, 2.75) is 12.5 Å². The Morgan fingerprint density at radius 2 is 2.10 bits per heavy atom. The first-order chi connectivity index (χ1) is 10.0. The summed E-state index contributed by atoms with van der Waals surface area (Å²) in [4.78, 5) is 1.22. The Hall–Kier alpha value is -1.86. The van der Waals surface area contributed by atoms with Crippen molar-refractivity contribution < 1.29 is 8.42 Å². The van der Waals surface area contributed by atoms with Gasteiger partial charge >= 0.3 is 0 Å². The van der Waals surface area contributed by atoms with Crippen molar-refractivity contribution in [3.63, 3.8) is 0 Å². The number of thiophene rings is 1. The standard InChI is InChI=1S/C14H15N3O2S2/c1-21(18,19)17-11-6-3-2-5-10(11)12-9-13(16-15-12)14-7-4-8-20-14/h2-8,13,16-17H,9H2,1H3. The molecule has 1 aliphatic rings. The van der Waals surface area contributed by atoms with Gasteiger partial charge in [0.25, 0.3) is 0 Å². The van der Waals surface area contributed by atoms with Crippen molar-refractivity contribution in [1.82, 2.24) is 5.43 Å². The van der Waals surface area contributed by atoms with Crippen molar-refractivity contribution >= 4 is 32.8 Å². The van der Waals surface area contributed by atoms with Crippen LogP contribution in [0.1, 0.15) is 22.9 Å². The van der Waals surface area contributed by atoms with Crippen molar-refractivity contribution in [3.8, 4) is 0 Å². The average molecular weight is 321 g/mol. The fourth-order valence-electron chi connectivity index (χ4n) is 2.29. The third-order valence-corrected chi connectivity index (χ3v) is 4.75. The van der Waals surface area contributed by atoms with Crippen LogP contribution in [0.15, 0.2) is 46.9 Å². The normalized spacial score (nSPS) is 18.1. The molecule has 2 aromatic rings. The summed E-state index contributed by atoms with van der Waals surface area (Å²) < 4.78 is 25.5. The van der Waals surface area contributed by atoms with Crippen LogP contribution in [0.4, 0.5) is 5.69 Å². The van der Waals surface area contributed by atoms with Gasteiger partial charge in [0, 0.05) is 16.9 Å². The van der Waals surface area contributed by atoms with E-state index in [2.05, 4.69) is 21.3 Å². The summed E-state index contributed by atoms with van der Waals surface area (Å²) in [5.74, 6) is 0. The molecule has 2 N–H and O–H groups in total. The van der Waals surface area contributed by atoms with Crippen LogP contribution in [0.5, 0.6) is 0 Å². The van der Waals surface area contributed by atoms with Crippen LogP contribution in [0.2, 0.25) is 0 Å². The molecule has 2 heterocycles. The number of para-hydroxylation sites is 1. The molecule has 110 valence electrons. The Morgan fingerprint density at radius 1 is 1.29 bits per heavy atom. The quantitative estimate of drug-likeness (QED) is 0.909. The molecule has 0 aliphatic carbocycles. The maximum absolute atomic E-state index is 11.5. The second-order valence-electron chi connectivity index (χ2n) is 4.88. The summed E-state index contributed by atoms with van der Waals surface area (Å²) in [5.41, 5.74) is 5.36. The predicted molar refractivity (Wildman–Crippen MR) is 86.3 cm³/mol. The smallest absolute Gasteiger partial charge is 0.229 e. The molecule has 1 aromatic carbocycles. The summed E-state index contributed by atoms with van der Waals surface area (Å²) >= 11 is 1.68. The molecule has 21 heavy (non-hydrogen) atoms. The highest BCUT2D eigenvalue weighted by Crippen LogP contribution is 2.29. The van der Waals surface area contributed by atoms with Crippen LogP contribution in [0, 0.1) is 0 Å². The second kappa shape index (κ2) is 5.50. The van der Waals surface area contributed by atoms with Gasteiger partial charge in [-0.2, -0.15) is 5.10 Å². The SMILES string of the molecule is CS(=O)(=O)Nc1ccccc1C1=NNC(c2cccs2)C1. The highest BCUT2D eigenvalue weighted by Gasteiger charge is 2.23. The van der Waals surface area contributed by atoms with Crippen LogP contribution < -0.4 is 10.1 Å². The molecule has 0 spiro atoms. The summed E-state index contributed by atoms with van der Waals surface area (Å²) in [7, 11) is -3.31. The average Bonchev–Trinajstić information content (AvgIpc) is 3.08. The Bertz CT molecular complexity index is 767. The number of hydrogen-bond donors (Lipinski definition) is 2. The predicted octanol–water partition coefficient (Wildman–Crippen LogP) is 2.56. The lowest BCUT2D eigenvalue weighted by atomic mass is 10.0. The minimum Gasteiger partial charge on any atom is -0.301 e. The Balaban J connectivity index is 1.85. The molecular formula is C14H15N3O2S2. The second-order valence-corrected chi connectivity index (χ2v) is 7.61. The number of nitrogens with zero attached hydrogens (tertiary/aromatic N) is 1. The highest BCUT2D eigenvalue weighted by molar-refractivity contribution is 7.92. The van der Waals surface area contributed by atoms with Crippen molar-refractivity contribution in [2.24, 2.45) is 5.10 Å². The van der Waals surface area contributed by atoms with Gasteiger partial charge in [-0.25, -0.2) is 8.42 Å². The summed E-state index contributed by atoms with van der Waals surface area (Å²) in [6.07, 6.45) is 1.88. The van der Waals surface area contributed by atoms with Gasteiger partial charge < -0.3 is 5.43 Å². The van der Waals surface area contributed by atoms with Crippen LogP contribution in [-0.4, -0.2) is 20.4 Å². The molecule has 5 nitrogen and oxygen atoms in total. The van der Waals surface area contributed by atoms with E-state index in [1.54, 1.807) is 23.5 Å². The van der Waals surface area contributed by atoms with Gasteiger partial charge in [0.05, 0.1) is 23.7 Å². The van der Waals surface area contributed by atoms with Gasteiger partial charge in [0.15, 0.2) is 0 Å². The Morgan fingerprint density at radius 3 is 2.81 bits per heavy atom. The van der Waals surface area contributed by atoms with Gasteiger partial charge in [-0.05, 0) is 17.5 Å². The van der Waals surface area contributed by atoms with E-state index in [4.69, 9.17) is 0 Å². The van der Waals surface area contributed by atoms with Gasteiger partial charge in [-0.3, -0.25) is 4.72 Å². The van der Waals surface area contributed by atoms with E-state index in [0.29, 0.717) is 5.69 Å². The zero-order chi connectivity index (χ0) is 14.9. The Kier molecular flexibility index (Phi) is 3.69. The number of benzene rings is 1. The first-order valence-electron chi connectivity index (χ1n) is 6.45. The number of sulfonamides is 1. The zero-order valence-corrected chi connectivity index (χ0v) is 13.0.